The molecule has 2 aromatic heterocycles. The van der Waals surface area contributed by atoms with Gasteiger partial charge in [-0.3, -0.25) is 0 Å². The summed E-state index contributed by atoms with van der Waals surface area (Å²) >= 11 is 0. The van der Waals surface area contributed by atoms with Crippen molar-refractivity contribution in [2.24, 2.45) is 0 Å². The normalized spacial score (nSPS) is 10.6. The molecular formula is C16H16N2O3. The van der Waals surface area contributed by atoms with Crippen molar-refractivity contribution >= 4 is 16.6 Å². The maximum Gasteiger partial charge on any atom is 0.161 e. The number of benzene rings is 1. The van der Waals surface area contributed by atoms with E-state index < -0.39 is 0 Å². The number of rotatable bonds is 5. The Morgan fingerprint density at radius 2 is 1.95 bits per heavy atom. The largest absolute Gasteiger partial charge is 0.493 e. The highest BCUT2D eigenvalue weighted by Gasteiger charge is 2.09. The van der Waals surface area contributed by atoms with E-state index in [1.807, 2.05) is 30.3 Å². The minimum Gasteiger partial charge on any atom is -0.493 e. The average molecular weight is 284 g/mol. The Kier molecular flexibility index (Phi) is 3.64. The molecule has 21 heavy (non-hydrogen) atoms. The van der Waals surface area contributed by atoms with Gasteiger partial charge in [0.15, 0.2) is 11.5 Å². The summed E-state index contributed by atoms with van der Waals surface area (Å²) < 4.78 is 16.0. The quantitative estimate of drug-likeness (QED) is 0.777. The summed E-state index contributed by atoms with van der Waals surface area (Å²) in [6.07, 6.45) is 3.42. The maximum absolute atomic E-state index is 5.35. The molecule has 0 unspecified atom stereocenters. The molecule has 3 aromatic rings. The van der Waals surface area contributed by atoms with Crippen LogP contribution in [0.1, 0.15) is 5.76 Å². The smallest absolute Gasteiger partial charge is 0.161 e. The first-order chi connectivity index (χ1) is 10.3. The van der Waals surface area contributed by atoms with Gasteiger partial charge in [0, 0.05) is 11.6 Å². The summed E-state index contributed by atoms with van der Waals surface area (Å²) in [6, 6.07) is 9.58. The summed E-state index contributed by atoms with van der Waals surface area (Å²) in [4.78, 5) is 4.39. The van der Waals surface area contributed by atoms with E-state index >= 15 is 0 Å². The third-order valence-corrected chi connectivity index (χ3v) is 3.28. The zero-order valence-corrected chi connectivity index (χ0v) is 11.9. The lowest BCUT2D eigenvalue weighted by Gasteiger charge is -2.12. The van der Waals surface area contributed by atoms with Crippen LogP contribution in [0, 0.1) is 0 Å². The zero-order valence-electron chi connectivity index (χ0n) is 11.9. The first kappa shape index (κ1) is 13.3. The molecule has 0 radical (unpaired) electrons. The second kappa shape index (κ2) is 5.75. The monoisotopic (exact) mass is 284 g/mol. The van der Waals surface area contributed by atoms with Gasteiger partial charge in [-0.1, -0.05) is 0 Å². The highest BCUT2D eigenvalue weighted by atomic mass is 16.5. The molecule has 0 aliphatic rings. The van der Waals surface area contributed by atoms with Gasteiger partial charge < -0.3 is 19.2 Å². The lowest BCUT2D eigenvalue weighted by molar-refractivity contribution is 0.356. The van der Waals surface area contributed by atoms with Gasteiger partial charge >= 0.3 is 0 Å². The molecule has 0 fully saturated rings. The van der Waals surface area contributed by atoms with E-state index in [-0.39, 0.29) is 0 Å². The van der Waals surface area contributed by atoms with Gasteiger partial charge in [0.2, 0.25) is 0 Å². The first-order valence-electron chi connectivity index (χ1n) is 6.59. The summed E-state index contributed by atoms with van der Waals surface area (Å²) in [5.41, 5.74) is 0. The molecule has 2 heterocycles. The highest BCUT2D eigenvalue weighted by molar-refractivity contribution is 5.94. The fraction of sp³-hybridized carbons (Fsp3) is 0.188. The number of methoxy groups -OCH3 is 2. The molecule has 0 aliphatic carbocycles. The Bertz CT molecular complexity index is 739. The van der Waals surface area contributed by atoms with Gasteiger partial charge in [-0.2, -0.15) is 0 Å². The summed E-state index contributed by atoms with van der Waals surface area (Å²) in [6.45, 7) is 0.577. The van der Waals surface area contributed by atoms with Crippen LogP contribution < -0.4 is 14.8 Å². The van der Waals surface area contributed by atoms with Gasteiger partial charge in [-0.05, 0) is 35.7 Å². The molecule has 108 valence electrons. The van der Waals surface area contributed by atoms with E-state index in [9.17, 15) is 0 Å². The number of pyridine rings is 1. The predicted octanol–water partition coefficient (Wildman–Crippen LogP) is 3.46. The minimum atomic E-state index is 0.577. The molecule has 5 nitrogen and oxygen atoms in total. The van der Waals surface area contributed by atoms with Crippen LogP contribution in [0.5, 0.6) is 11.5 Å². The van der Waals surface area contributed by atoms with E-state index in [0.717, 1.165) is 22.4 Å². The van der Waals surface area contributed by atoms with Gasteiger partial charge in [0.25, 0.3) is 0 Å². The van der Waals surface area contributed by atoms with E-state index in [4.69, 9.17) is 13.9 Å². The van der Waals surface area contributed by atoms with Gasteiger partial charge in [0.05, 0.1) is 27.0 Å². The molecule has 0 atom stereocenters. The number of anilines is 1. The Labute approximate surface area is 122 Å². The van der Waals surface area contributed by atoms with Crippen molar-refractivity contribution in [1.82, 2.24) is 4.98 Å². The molecule has 1 N–H and O–H groups in total. The van der Waals surface area contributed by atoms with Crippen molar-refractivity contribution in [2.45, 2.75) is 6.54 Å². The lowest BCUT2D eigenvalue weighted by atomic mass is 10.1. The van der Waals surface area contributed by atoms with Crippen molar-refractivity contribution < 1.29 is 13.9 Å². The topological polar surface area (TPSA) is 56.5 Å². The number of ether oxygens (including phenoxy) is 2. The molecule has 5 heteroatoms. The number of aromatic nitrogens is 1. The van der Waals surface area contributed by atoms with Crippen molar-refractivity contribution in [3.8, 4) is 11.5 Å². The van der Waals surface area contributed by atoms with E-state index in [0.29, 0.717) is 18.0 Å². The number of hydrogen-bond acceptors (Lipinski definition) is 5. The number of hydrogen-bond donors (Lipinski definition) is 1. The molecule has 0 aliphatic heterocycles. The summed E-state index contributed by atoms with van der Waals surface area (Å²) in [7, 11) is 3.25. The average Bonchev–Trinajstić information content (AvgIpc) is 3.04. The van der Waals surface area contributed by atoms with Crippen LogP contribution in [0.2, 0.25) is 0 Å². The standard InChI is InChI=1S/C16H16N2O3/c1-19-14-8-11-5-6-17-16(13(11)9-15(14)20-2)18-10-12-4-3-7-21-12/h3-9H,10H2,1-2H3,(H,17,18). The second-order valence-corrected chi connectivity index (χ2v) is 4.52. The van der Waals surface area contributed by atoms with Crippen LogP contribution in [-0.2, 0) is 6.54 Å². The maximum atomic E-state index is 5.35. The van der Waals surface area contributed by atoms with Crippen LogP contribution in [0.3, 0.4) is 0 Å². The predicted molar refractivity (Wildman–Crippen MR) is 80.9 cm³/mol. The Morgan fingerprint density at radius 3 is 2.67 bits per heavy atom. The van der Waals surface area contributed by atoms with Crippen molar-refractivity contribution in [3.05, 3.63) is 48.6 Å². The van der Waals surface area contributed by atoms with Crippen LogP contribution >= 0.6 is 0 Å². The first-order valence-corrected chi connectivity index (χ1v) is 6.59. The van der Waals surface area contributed by atoms with Gasteiger partial charge in [0.1, 0.15) is 11.6 Å². The Morgan fingerprint density at radius 1 is 1.14 bits per heavy atom. The fourth-order valence-electron chi connectivity index (χ4n) is 2.22. The van der Waals surface area contributed by atoms with Crippen LogP contribution in [0.15, 0.2) is 47.2 Å². The summed E-state index contributed by atoms with van der Waals surface area (Å²) in [5, 5.41) is 5.28. The third-order valence-electron chi connectivity index (χ3n) is 3.28. The Hall–Kier alpha value is -2.69. The number of nitrogens with one attached hydrogen (secondary N) is 1. The van der Waals surface area contributed by atoms with Crippen LogP contribution in [0.4, 0.5) is 5.82 Å². The molecule has 0 amide bonds. The molecule has 1 aromatic carbocycles. The second-order valence-electron chi connectivity index (χ2n) is 4.52. The molecule has 0 saturated carbocycles. The molecule has 0 spiro atoms. The summed E-state index contributed by atoms with van der Waals surface area (Å²) in [5.74, 6) is 3.02. The number of nitrogens with zero attached hydrogens (tertiary/aromatic N) is 1. The van der Waals surface area contributed by atoms with E-state index in [1.54, 1.807) is 26.7 Å². The number of furan rings is 1. The zero-order chi connectivity index (χ0) is 14.7. The molecule has 0 saturated heterocycles. The molecule has 0 bridgehead atoms. The fourth-order valence-corrected chi connectivity index (χ4v) is 2.22. The van der Waals surface area contributed by atoms with Crippen molar-refractivity contribution in [3.63, 3.8) is 0 Å². The van der Waals surface area contributed by atoms with Crippen LogP contribution in [-0.4, -0.2) is 19.2 Å². The van der Waals surface area contributed by atoms with Crippen molar-refractivity contribution in [1.29, 1.82) is 0 Å². The highest BCUT2D eigenvalue weighted by Crippen LogP contribution is 2.34. The molecular weight excluding hydrogens is 268 g/mol. The van der Waals surface area contributed by atoms with Gasteiger partial charge in [-0.25, -0.2) is 4.98 Å². The SMILES string of the molecule is COc1cc2ccnc(NCc3ccco3)c2cc1OC. The van der Waals surface area contributed by atoms with E-state index in [1.165, 1.54) is 0 Å². The number of fused-ring (bicyclic) bond motifs is 1. The van der Waals surface area contributed by atoms with Crippen LogP contribution in [0.25, 0.3) is 10.8 Å². The lowest BCUT2D eigenvalue weighted by Crippen LogP contribution is -2.01. The third kappa shape index (κ3) is 2.63. The minimum absolute atomic E-state index is 0.577. The molecule has 3 rings (SSSR count). The van der Waals surface area contributed by atoms with Gasteiger partial charge in [-0.15, -0.1) is 0 Å². The van der Waals surface area contributed by atoms with Crippen molar-refractivity contribution in [2.75, 3.05) is 19.5 Å². The Balaban J connectivity index is 1.98. The van der Waals surface area contributed by atoms with E-state index in [2.05, 4.69) is 10.3 Å².